The molecule has 0 saturated carbocycles. The van der Waals surface area contributed by atoms with Crippen LogP contribution in [-0.4, -0.2) is 9.97 Å². The van der Waals surface area contributed by atoms with Crippen LogP contribution in [0.1, 0.15) is 27.8 Å². The molecule has 58 heavy (non-hydrogen) atoms. The Balaban J connectivity index is 1.07. The van der Waals surface area contributed by atoms with Crippen molar-refractivity contribution in [3.05, 3.63) is 228 Å². The number of fused-ring (bicyclic) bond motifs is 9. The summed E-state index contributed by atoms with van der Waals surface area (Å²) in [6.07, 6.45) is 0. The first-order chi connectivity index (χ1) is 28.7. The van der Waals surface area contributed by atoms with Gasteiger partial charge >= 0.3 is 0 Å². The molecule has 1 aromatic heterocycles. The van der Waals surface area contributed by atoms with Gasteiger partial charge in [-0.05, 0) is 80.9 Å². The molecule has 1 aliphatic carbocycles. The Labute approximate surface area is 337 Å². The molecule has 2 heterocycles. The standard InChI is InChI=1S/C54H33N3O/c55-34-41-17-7-8-18-42(41)40-28-30-52-48(32-40)54(45-21-11-9-19-43(45)44-20-10-12-22-46(44)54)47-31-39(27-29-51(47)58-52)35-23-25-37(26-24-35)50-33-49(36-13-3-1-4-14-36)56-53(57-50)38-15-5-2-6-16-38/h1-33H. The van der Waals surface area contributed by atoms with Crippen molar-refractivity contribution in [2.75, 3.05) is 0 Å². The summed E-state index contributed by atoms with van der Waals surface area (Å²) in [5, 5.41) is 10.1. The normalized spacial score (nSPS) is 12.7. The highest BCUT2D eigenvalue weighted by Gasteiger charge is 2.51. The summed E-state index contributed by atoms with van der Waals surface area (Å²) in [6, 6.07) is 71.8. The number of nitriles is 1. The van der Waals surface area contributed by atoms with Gasteiger partial charge in [0.25, 0.3) is 0 Å². The lowest BCUT2D eigenvalue weighted by Gasteiger charge is -2.40. The van der Waals surface area contributed by atoms with Gasteiger partial charge in [0.15, 0.2) is 5.82 Å². The third kappa shape index (κ3) is 5.22. The van der Waals surface area contributed by atoms with E-state index in [2.05, 4.69) is 146 Å². The highest BCUT2D eigenvalue weighted by atomic mass is 16.5. The summed E-state index contributed by atoms with van der Waals surface area (Å²) in [5.74, 6) is 2.33. The number of rotatable bonds is 5. The summed E-state index contributed by atoms with van der Waals surface area (Å²) in [6.45, 7) is 0. The van der Waals surface area contributed by atoms with E-state index in [0.717, 1.165) is 73.0 Å². The van der Waals surface area contributed by atoms with Gasteiger partial charge in [-0.1, -0.05) is 164 Å². The van der Waals surface area contributed by atoms with Crippen LogP contribution in [0.4, 0.5) is 0 Å². The molecule has 0 atom stereocenters. The van der Waals surface area contributed by atoms with Crippen LogP contribution in [0.2, 0.25) is 0 Å². The molecule has 2 aliphatic rings. The van der Waals surface area contributed by atoms with E-state index in [0.29, 0.717) is 11.4 Å². The van der Waals surface area contributed by atoms with Gasteiger partial charge in [0.05, 0.1) is 28.4 Å². The van der Waals surface area contributed by atoms with Crippen LogP contribution in [0.15, 0.2) is 200 Å². The number of ether oxygens (including phenoxy) is 1. The van der Waals surface area contributed by atoms with Gasteiger partial charge in [-0.15, -0.1) is 0 Å². The van der Waals surface area contributed by atoms with Crippen molar-refractivity contribution in [2.45, 2.75) is 5.41 Å². The van der Waals surface area contributed by atoms with E-state index in [1.165, 1.54) is 22.3 Å². The average Bonchev–Trinajstić information content (AvgIpc) is 3.60. The van der Waals surface area contributed by atoms with E-state index in [9.17, 15) is 5.26 Å². The zero-order valence-electron chi connectivity index (χ0n) is 31.3. The van der Waals surface area contributed by atoms with E-state index in [1.54, 1.807) is 0 Å². The van der Waals surface area contributed by atoms with E-state index in [4.69, 9.17) is 14.7 Å². The molecule has 0 N–H and O–H groups in total. The van der Waals surface area contributed by atoms with Crippen LogP contribution in [0.25, 0.3) is 67.3 Å². The average molecular weight is 740 g/mol. The second kappa shape index (κ2) is 13.4. The fourth-order valence-electron chi connectivity index (χ4n) is 8.98. The molecule has 0 bridgehead atoms. The van der Waals surface area contributed by atoms with Crippen molar-refractivity contribution >= 4 is 0 Å². The van der Waals surface area contributed by atoms with Gasteiger partial charge in [0.2, 0.25) is 0 Å². The minimum absolute atomic E-state index is 0.640. The second-order valence-electron chi connectivity index (χ2n) is 14.8. The Morgan fingerprint density at radius 2 is 0.845 bits per heavy atom. The van der Waals surface area contributed by atoms with Crippen molar-refractivity contribution < 1.29 is 4.74 Å². The maximum absolute atomic E-state index is 10.1. The second-order valence-corrected chi connectivity index (χ2v) is 14.8. The SMILES string of the molecule is N#Cc1ccccc1-c1ccc2c(c1)C1(c3cc(-c4ccc(-c5cc(-c6ccccc6)nc(-c6ccccc6)n5)cc4)ccc3O2)c2ccccc2-c2ccccc21. The molecule has 1 spiro atoms. The maximum atomic E-state index is 10.1. The summed E-state index contributed by atoms with van der Waals surface area (Å²) in [5.41, 5.74) is 15.8. The number of hydrogen-bond acceptors (Lipinski definition) is 4. The summed E-state index contributed by atoms with van der Waals surface area (Å²) >= 11 is 0. The van der Waals surface area contributed by atoms with Crippen LogP contribution >= 0.6 is 0 Å². The highest BCUT2D eigenvalue weighted by molar-refractivity contribution is 5.90. The zero-order valence-corrected chi connectivity index (χ0v) is 31.3. The monoisotopic (exact) mass is 739 g/mol. The Morgan fingerprint density at radius 3 is 1.47 bits per heavy atom. The molecular formula is C54H33N3O. The smallest absolute Gasteiger partial charge is 0.160 e. The van der Waals surface area contributed by atoms with Gasteiger partial charge in [-0.2, -0.15) is 5.26 Å². The van der Waals surface area contributed by atoms with Crippen molar-refractivity contribution in [1.82, 2.24) is 9.97 Å². The first kappa shape index (κ1) is 33.5. The molecule has 0 unspecified atom stereocenters. The lowest BCUT2D eigenvalue weighted by Crippen LogP contribution is -2.32. The van der Waals surface area contributed by atoms with Gasteiger partial charge in [0, 0.05) is 27.8 Å². The van der Waals surface area contributed by atoms with Crippen molar-refractivity contribution in [3.63, 3.8) is 0 Å². The van der Waals surface area contributed by atoms with E-state index < -0.39 is 5.41 Å². The largest absolute Gasteiger partial charge is 0.457 e. The first-order valence-electron chi connectivity index (χ1n) is 19.5. The molecule has 0 amide bonds. The van der Waals surface area contributed by atoms with Gasteiger partial charge in [0.1, 0.15) is 11.5 Å². The van der Waals surface area contributed by atoms with E-state index >= 15 is 0 Å². The lowest BCUT2D eigenvalue weighted by atomic mass is 9.65. The van der Waals surface area contributed by atoms with Crippen molar-refractivity contribution in [1.29, 1.82) is 5.26 Å². The van der Waals surface area contributed by atoms with Crippen LogP contribution < -0.4 is 4.74 Å². The molecule has 0 saturated heterocycles. The summed E-state index contributed by atoms with van der Waals surface area (Å²) in [4.78, 5) is 10.0. The molecule has 11 rings (SSSR count). The summed E-state index contributed by atoms with van der Waals surface area (Å²) < 4.78 is 6.83. The molecule has 1 aliphatic heterocycles. The zero-order chi connectivity index (χ0) is 38.6. The Kier molecular flexibility index (Phi) is 7.74. The fraction of sp³-hybridized carbons (Fsp3) is 0.0185. The molecule has 270 valence electrons. The molecule has 4 nitrogen and oxygen atoms in total. The maximum Gasteiger partial charge on any atom is 0.160 e. The molecule has 4 heteroatoms. The third-order valence-corrected chi connectivity index (χ3v) is 11.6. The minimum Gasteiger partial charge on any atom is -0.457 e. The fourth-order valence-corrected chi connectivity index (χ4v) is 8.98. The van der Waals surface area contributed by atoms with Crippen LogP contribution in [0.5, 0.6) is 11.5 Å². The molecule has 0 radical (unpaired) electrons. The van der Waals surface area contributed by atoms with Crippen LogP contribution in [0, 0.1) is 11.3 Å². The third-order valence-electron chi connectivity index (χ3n) is 11.6. The topological polar surface area (TPSA) is 58.8 Å². The number of benzene rings is 8. The predicted molar refractivity (Wildman–Crippen MR) is 231 cm³/mol. The molecule has 9 aromatic rings. The van der Waals surface area contributed by atoms with E-state index in [-0.39, 0.29) is 0 Å². The first-order valence-corrected chi connectivity index (χ1v) is 19.5. The van der Waals surface area contributed by atoms with Crippen molar-refractivity contribution in [2.24, 2.45) is 0 Å². The predicted octanol–water partition coefficient (Wildman–Crippen LogP) is 13.2. The number of aromatic nitrogens is 2. The van der Waals surface area contributed by atoms with Crippen LogP contribution in [0.3, 0.4) is 0 Å². The van der Waals surface area contributed by atoms with Crippen molar-refractivity contribution in [3.8, 4) is 84.9 Å². The highest BCUT2D eigenvalue weighted by Crippen LogP contribution is 2.62. The minimum atomic E-state index is -0.660. The summed E-state index contributed by atoms with van der Waals surface area (Å²) in [7, 11) is 0. The Bertz CT molecular complexity index is 2990. The lowest BCUT2D eigenvalue weighted by molar-refractivity contribution is 0.436. The van der Waals surface area contributed by atoms with Gasteiger partial charge in [-0.25, -0.2) is 9.97 Å². The Morgan fingerprint density at radius 1 is 0.379 bits per heavy atom. The van der Waals surface area contributed by atoms with Crippen LogP contribution in [-0.2, 0) is 5.41 Å². The van der Waals surface area contributed by atoms with Gasteiger partial charge in [-0.3, -0.25) is 0 Å². The molecule has 8 aromatic carbocycles. The Hall–Kier alpha value is -7.87. The quantitative estimate of drug-likeness (QED) is 0.176. The number of nitrogens with zero attached hydrogens (tertiary/aromatic N) is 3. The van der Waals surface area contributed by atoms with E-state index in [1.807, 2.05) is 60.7 Å². The molecular weight excluding hydrogens is 707 g/mol. The number of hydrogen-bond donors (Lipinski definition) is 0. The van der Waals surface area contributed by atoms with Gasteiger partial charge < -0.3 is 4.74 Å². The molecule has 0 fully saturated rings.